The van der Waals surface area contributed by atoms with Gasteiger partial charge in [-0.25, -0.2) is 0 Å². The molecule has 1 amide bonds. The second-order valence-corrected chi connectivity index (χ2v) is 3.32. The molecule has 1 aromatic heterocycles. The number of thiophene rings is 1. The molecule has 66 valence electrons. The van der Waals surface area contributed by atoms with E-state index in [2.05, 4.69) is 10.1 Å². The quantitative estimate of drug-likeness (QED) is 0.760. The summed E-state index contributed by atoms with van der Waals surface area (Å²) in [6.07, 6.45) is 0. The van der Waals surface area contributed by atoms with Gasteiger partial charge in [-0.15, -0.1) is 11.3 Å². The maximum Gasteiger partial charge on any atom is 0.246 e. The molecule has 0 aliphatic heterocycles. The first-order valence-electron chi connectivity index (χ1n) is 3.61. The summed E-state index contributed by atoms with van der Waals surface area (Å²) < 4.78 is 4.66. The number of amides is 1. The van der Waals surface area contributed by atoms with Crippen LogP contribution in [0.25, 0.3) is 0 Å². The summed E-state index contributed by atoms with van der Waals surface area (Å²) in [4.78, 5) is 12.1. The van der Waals surface area contributed by atoms with E-state index < -0.39 is 0 Å². The second kappa shape index (κ2) is 4.90. The molecule has 0 radical (unpaired) electrons. The molecule has 0 saturated carbocycles. The van der Waals surface area contributed by atoms with E-state index in [1.165, 1.54) is 7.11 Å². The molecule has 0 atom stereocenters. The van der Waals surface area contributed by atoms with Crippen molar-refractivity contribution in [1.29, 1.82) is 0 Å². The Kier molecular flexibility index (Phi) is 3.76. The molecule has 1 aromatic rings. The van der Waals surface area contributed by atoms with E-state index in [-0.39, 0.29) is 12.5 Å². The molecule has 0 unspecified atom stereocenters. The van der Waals surface area contributed by atoms with E-state index in [4.69, 9.17) is 0 Å². The highest BCUT2D eigenvalue weighted by molar-refractivity contribution is 7.09. The van der Waals surface area contributed by atoms with E-state index in [0.717, 1.165) is 4.88 Å². The van der Waals surface area contributed by atoms with Crippen LogP contribution in [0.1, 0.15) is 4.88 Å². The number of carbonyl (C=O) groups is 1. The molecule has 0 aliphatic carbocycles. The van der Waals surface area contributed by atoms with Gasteiger partial charge in [0.2, 0.25) is 5.91 Å². The van der Waals surface area contributed by atoms with Crippen LogP contribution in [0.2, 0.25) is 0 Å². The van der Waals surface area contributed by atoms with Gasteiger partial charge in [-0.05, 0) is 11.4 Å². The average molecular weight is 185 g/mol. The minimum absolute atomic E-state index is 0.0779. The normalized spacial score (nSPS) is 9.75. The van der Waals surface area contributed by atoms with Crippen LogP contribution in [-0.2, 0) is 16.1 Å². The van der Waals surface area contributed by atoms with Crippen molar-refractivity contribution >= 4 is 17.2 Å². The zero-order chi connectivity index (χ0) is 8.81. The minimum Gasteiger partial charge on any atom is -0.375 e. The Bertz CT molecular complexity index is 233. The van der Waals surface area contributed by atoms with Crippen LogP contribution >= 0.6 is 11.3 Å². The van der Waals surface area contributed by atoms with Gasteiger partial charge in [0, 0.05) is 12.0 Å². The van der Waals surface area contributed by atoms with Crippen LogP contribution in [0.3, 0.4) is 0 Å². The van der Waals surface area contributed by atoms with Crippen molar-refractivity contribution in [3.05, 3.63) is 22.4 Å². The van der Waals surface area contributed by atoms with Gasteiger partial charge in [0.05, 0.1) is 6.54 Å². The Morgan fingerprint density at radius 2 is 2.58 bits per heavy atom. The first-order chi connectivity index (χ1) is 5.83. The molecule has 0 aromatic carbocycles. The molecule has 0 aliphatic rings. The molecule has 1 N–H and O–H groups in total. The molecular formula is C8H11NO2S. The number of hydrogen-bond donors (Lipinski definition) is 1. The number of rotatable bonds is 4. The molecule has 1 rings (SSSR count). The summed E-state index contributed by atoms with van der Waals surface area (Å²) in [6.45, 7) is 0.727. The number of hydrogen-bond acceptors (Lipinski definition) is 3. The highest BCUT2D eigenvalue weighted by Gasteiger charge is 1.99. The van der Waals surface area contributed by atoms with Gasteiger partial charge in [-0.1, -0.05) is 6.07 Å². The average Bonchev–Trinajstić information content (AvgIpc) is 2.53. The van der Waals surface area contributed by atoms with Gasteiger partial charge in [-0.3, -0.25) is 4.79 Å². The maximum atomic E-state index is 10.9. The summed E-state index contributed by atoms with van der Waals surface area (Å²) in [5.41, 5.74) is 0. The van der Waals surface area contributed by atoms with Crippen LogP contribution in [0.15, 0.2) is 17.5 Å². The predicted molar refractivity (Wildman–Crippen MR) is 48.0 cm³/mol. The van der Waals surface area contributed by atoms with Crippen LogP contribution in [0.5, 0.6) is 0 Å². The van der Waals surface area contributed by atoms with E-state index >= 15 is 0 Å². The number of methoxy groups -OCH3 is 1. The van der Waals surface area contributed by atoms with Gasteiger partial charge in [-0.2, -0.15) is 0 Å². The van der Waals surface area contributed by atoms with Crippen molar-refractivity contribution in [3.8, 4) is 0 Å². The molecule has 0 fully saturated rings. The van der Waals surface area contributed by atoms with Gasteiger partial charge >= 0.3 is 0 Å². The standard InChI is InChI=1S/C8H11NO2S/c1-11-6-8(10)9-5-7-3-2-4-12-7/h2-4H,5-6H2,1H3,(H,9,10). The fourth-order valence-corrected chi connectivity index (χ4v) is 1.43. The molecule has 0 saturated heterocycles. The Labute approximate surface area is 75.4 Å². The van der Waals surface area contributed by atoms with Gasteiger partial charge in [0.15, 0.2) is 0 Å². The lowest BCUT2D eigenvalue weighted by molar-refractivity contribution is -0.124. The molecule has 1 heterocycles. The summed E-state index contributed by atoms with van der Waals surface area (Å²) in [5, 5.41) is 4.72. The van der Waals surface area contributed by atoms with Gasteiger partial charge in [0.25, 0.3) is 0 Å². The van der Waals surface area contributed by atoms with Crippen molar-refractivity contribution in [2.75, 3.05) is 13.7 Å². The molecule has 4 heteroatoms. The van der Waals surface area contributed by atoms with Gasteiger partial charge < -0.3 is 10.1 Å². The van der Waals surface area contributed by atoms with Crippen LogP contribution < -0.4 is 5.32 Å². The maximum absolute atomic E-state index is 10.9. The van der Waals surface area contributed by atoms with Crippen LogP contribution in [0.4, 0.5) is 0 Å². The molecule has 12 heavy (non-hydrogen) atoms. The van der Waals surface area contributed by atoms with Crippen molar-refractivity contribution in [2.24, 2.45) is 0 Å². The zero-order valence-electron chi connectivity index (χ0n) is 6.87. The summed E-state index contributed by atoms with van der Waals surface area (Å²) >= 11 is 1.63. The second-order valence-electron chi connectivity index (χ2n) is 2.29. The lowest BCUT2D eigenvalue weighted by atomic mass is 10.4. The van der Waals surface area contributed by atoms with E-state index in [9.17, 15) is 4.79 Å². The van der Waals surface area contributed by atoms with Crippen LogP contribution in [0, 0.1) is 0 Å². The smallest absolute Gasteiger partial charge is 0.246 e. The van der Waals surface area contributed by atoms with Crippen molar-refractivity contribution < 1.29 is 9.53 Å². The summed E-state index contributed by atoms with van der Waals surface area (Å²) in [7, 11) is 1.50. The third-order valence-electron chi connectivity index (χ3n) is 1.32. The van der Waals surface area contributed by atoms with E-state index in [0.29, 0.717) is 6.54 Å². The Morgan fingerprint density at radius 3 is 3.17 bits per heavy atom. The van der Waals surface area contributed by atoms with Gasteiger partial charge in [0.1, 0.15) is 6.61 Å². The largest absolute Gasteiger partial charge is 0.375 e. The van der Waals surface area contributed by atoms with Crippen molar-refractivity contribution in [2.45, 2.75) is 6.54 Å². The summed E-state index contributed by atoms with van der Waals surface area (Å²) in [5.74, 6) is -0.0779. The first-order valence-corrected chi connectivity index (χ1v) is 4.49. The number of ether oxygens (including phenoxy) is 1. The highest BCUT2D eigenvalue weighted by atomic mass is 32.1. The Hall–Kier alpha value is -0.870. The van der Waals surface area contributed by atoms with E-state index in [1.807, 2.05) is 17.5 Å². The van der Waals surface area contributed by atoms with Crippen molar-refractivity contribution in [3.63, 3.8) is 0 Å². The zero-order valence-corrected chi connectivity index (χ0v) is 7.69. The first kappa shape index (κ1) is 9.22. The third-order valence-corrected chi connectivity index (χ3v) is 2.19. The fraction of sp³-hybridized carbons (Fsp3) is 0.375. The monoisotopic (exact) mass is 185 g/mol. The fourth-order valence-electron chi connectivity index (χ4n) is 0.781. The highest BCUT2D eigenvalue weighted by Crippen LogP contribution is 2.06. The lowest BCUT2D eigenvalue weighted by Crippen LogP contribution is -2.26. The van der Waals surface area contributed by atoms with Crippen LogP contribution in [-0.4, -0.2) is 19.6 Å². The molecule has 3 nitrogen and oxygen atoms in total. The Balaban J connectivity index is 2.22. The van der Waals surface area contributed by atoms with E-state index in [1.54, 1.807) is 11.3 Å². The molecule has 0 bridgehead atoms. The Morgan fingerprint density at radius 1 is 1.75 bits per heavy atom. The lowest BCUT2D eigenvalue weighted by Gasteiger charge is -2.01. The SMILES string of the molecule is COCC(=O)NCc1cccs1. The topological polar surface area (TPSA) is 38.3 Å². The summed E-state index contributed by atoms with van der Waals surface area (Å²) in [6, 6.07) is 3.94. The number of nitrogens with one attached hydrogen (secondary N) is 1. The van der Waals surface area contributed by atoms with Crippen molar-refractivity contribution in [1.82, 2.24) is 5.32 Å². The minimum atomic E-state index is -0.0779. The molecular weight excluding hydrogens is 174 g/mol. The number of carbonyl (C=O) groups excluding carboxylic acids is 1. The molecule has 0 spiro atoms. The predicted octanol–water partition coefficient (Wildman–Crippen LogP) is 1.01. The third kappa shape index (κ3) is 3.02.